The summed E-state index contributed by atoms with van der Waals surface area (Å²) in [5.74, 6) is -0.523. The summed E-state index contributed by atoms with van der Waals surface area (Å²) in [6.45, 7) is 1.47. The molecule has 2 aromatic heterocycles. The average Bonchev–Trinajstić information content (AvgIpc) is 3.01. The largest absolute Gasteiger partial charge is 0.496 e. The number of pyridine rings is 1. The van der Waals surface area contributed by atoms with Crippen molar-refractivity contribution in [2.45, 2.75) is 18.9 Å². The van der Waals surface area contributed by atoms with E-state index in [4.69, 9.17) is 9.47 Å². The first-order chi connectivity index (χ1) is 20.0. The number of carbonyl (C=O) groups excluding carboxylic acids is 1. The van der Waals surface area contributed by atoms with E-state index >= 15 is 0 Å². The van der Waals surface area contributed by atoms with Gasteiger partial charge in [0.25, 0.3) is 0 Å². The number of hydrogen-bond acceptors (Lipinski definition) is 9. The van der Waals surface area contributed by atoms with Crippen LogP contribution in [0.25, 0.3) is 22.5 Å². The number of anilines is 1. The summed E-state index contributed by atoms with van der Waals surface area (Å²) in [6, 6.07) is 17.6. The Morgan fingerprint density at radius 2 is 2.07 bits per heavy atom. The molecule has 2 aromatic carbocycles. The van der Waals surface area contributed by atoms with Gasteiger partial charge in [-0.25, -0.2) is 14.4 Å². The van der Waals surface area contributed by atoms with Gasteiger partial charge in [0.1, 0.15) is 17.3 Å². The fourth-order valence-corrected chi connectivity index (χ4v) is 4.85. The van der Waals surface area contributed by atoms with Crippen LogP contribution in [0.1, 0.15) is 28.0 Å². The van der Waals surface area contributed by atoms with Crippen molar-refractivity contribution in [2.75, 3.05) is 31.7 Å². The van der Waals surface area contributed by atoms with Gasteiger partial charge >= 0.3 is 0 Å². The molecule has 0 radical (unpaired) electrons. The van der Waals surface area contributed by atoms with Crippen molar-refractivity contribution in [3.8, 4) is 40.4 Å². The minimum absolute atomic E-state index is 0.0128. The maximum atomic E-state index is 14.7. The number of rotatable bonds is 8. The zero-order valence-corrected chi connectivity index (χ0v) is 22.2. The summed E-state index contributed by atoms with van der Waals surface area (Å²) in [5.41, 5.74) is 3.68. The fourth-order valence-electron chi connectivity index (χ4n) is 4.85. The first-order valence-electron chi connectivity index (χ1n) is 12.9. The predicted molar refractivity (Wildman–Crippen MR) is 149 cm³/mol. The standard InChI is InChI=1S/C31H25FN6O3/c1-40-29-4-2-3-25(32)30(29)31-36-12-9-26(37-31)28(39)16-21-6-5-20(24-18-35-11-8-22(24)17-34)15-27(21)38-13-14-41-23(19-38)7-10-33/h2-6,8-9,11-12,15,18,23H,7,13-14,16,19H2,1H3/t23-/m1/s1. The molecule has 4 aromatic rings. The number of benzene rings is 2. The number of Topliss-reactive ketones (excluding diaryl/α,β-unsaturated/α-hetero) is 1. The average molecular weight is 549 g/mol. The zero-order chi connectivity index (χ0) is 28.8. The number of ketones is 1. The Kier molecular flexibility index (Phi) is 8.23. The van der Waals surface area contributed by atoms with Crippen LogP contribution in [0.4, 0.5) is 10.1 Å². The molecule has 0 amide bonds. The zero-order valence-electron chi connectivity index (χ0n) is 22.2. The molecule has 0 spiro atoms. The fraction of sp³-hybridized carbons (Fsp3) is 0.226. The van der Waals surface area contributed by atoms with Crippen molar-refractivity contribution in [3.05, 3.63) is 89.8 Å². The summed E-state index contributed by atoms with van der Waals surface area (Å²) >= 11 is 0. The van der Waals surface area contributed by atoms with Crippen LogP contribution in [0.5, 0.6) is 5.75 Å². The van der Waals surface area contributed by atoms with E-state index in [0.717, 1.165) is 16.8 Å². The summed E-state index contributed by atoms with van der Waals surface area (Å²) in [6.07, 6.45) is 4.62. The lowest BCUT2D eigenvalue weighted by atomic mass is 9.96. The molecule has 204 valence electrons. The third kappa shape index (κ3) is 5.88. The van der Waals surface area contributed by atoms with Crippen LogP contribution < -0.4 is 9.64 Å². The molecule has 1 saturated heterocycles. The Hall–Kier alpha value is -5.19. The Balaban J connectivity index is 1.51. The Morgan fingerprint density at radius 1 is 1.20 bits per heavy atom. The number of ether oxygens (including phenoxy) is 2. The van der Waals surface area contributed by atoms with E-state index in [9.17, 15) is 19.7 Å². The summed E-state index contributed by atoms with van der Waals surface area (Å²) in [7, 11) is 1.43. The Morgan fingerprint density at radius 3 is 2.88 bits per heavy atom. The van der Waals surface area contributed by atoms with Gasteiger partial charge in [-0.05, 0) is 41.5 Å². The van der Waals surface area contributed by atoms with E-state index in [2.05, 4.69) is 32.0 Å². The predicted octanol–water partition coefficient (Wildman–Crippen LogP) is 4.77. The third-order valence-corrected chi connectivity index (χ3v) is 6.85. The molecule has 0 N–H and O–H groups in total. The number of hydrogen-bond donors (Lipinski definition) is 0. The maximum Gasteiger partial charge on any atom is 0.185 e. The lowest BCUT2D eigenvalue weighted by Crippen LogP contribution is -2.42. The number of morpholine rings is 1. The van der Waals surface area contributed by atoms with Gasteiger partial charge in [-0.15, -0.1) is 0 Å². The molecule has 1 aliphatic heterocycles. The maximum absolute atomic E-state index is 14.7. The lowest BCUT2D eigenvalue weighted by Gasteiger charge is -2.35. The summed E-state index contributed by atoms with van der Waals surface area (Å²) in [4.78, 5) is 28.4. The third-order valence-electron chi connectivity index (χ3n) is 6.85. The van der Waals surface area contributed by atoms with Crippen LogP contribution in [-0.2, 0) is 11.2 Å². The molecule has 5 rings (SSSR count). The number of nitriles is 2. The first-order valence-corrected chi connectivity index (χ1v) is 12.9. The van der Waals surface area contributed by atoms with Crippen molar-refractivity contribution < 1.29 is 18.7 Å². The van der Waals surface area contributed by atoms with Crippen molar-refractivity contribution in [3.63, 3.8) is 0 Å². The molecule has 3 heterocycles. The Labute approximate surface area is 236 Å². The molecule has 0 unspecified atom stereocenters. The quantitative estimate of drug-likeness (QED) is 0.286. The van der Waals surface area contributed by atoms with Crippen molar-refractivity contribution in [1.82, 2.24) is 15.0 Å². The SMILES string of the molecule is COc1cccc(F)c1-c1nccc(C(=O)Cc2ccc(-c3cnccc3C#N)cc2N2CCO[C@H](CC#N)C2)n1. The minimum atomic E-state index is -0.557. The van der Waals surface area contributed by atoms with Crippen LogP contribution >= 0.6 is 0 Å². The van der Waals surface area contributed by atoms with Gasteiger partial charge in [-0.2, -0.15) is 10.5 Å². The van der Waals surface area contributed by atoms with Crippen LogP contribution in [0.2, 0.25) is 0 Å². The van der Waals surface area contributed by atoms with E-state index in [0.29, 0.717) is 30.8 Å². The van der Waals surface area contributed by atoms with Gasteiger partial charge in [0, 0.05) is 49.4 Å². The molecule has 0 aliphatic carbocycles. The minimum Gasteiger partial charge on any atom is -0.496 e. The van der Waals surface area contributed by atoms with Crippen LogP contribution in [0.3, 0.4) is 0 Å². The highest BCUT2D eigenvalue weighted by atomic mass is 19.1. The highest BCUT2D eigenvalue weighted by Crippen LogP contribution is 2.33. The van der Waals surface area contributed by atoms with E-state index in [-0.39, 0.29) is 47.6 Å². The van der Waals surface area contributed by atoms with E-state index in [1.807, 2.05) is 18.2 Å². The number of halogens is 1. The molecule has 1 atom stereocenters. The number of carbonyl (C=O) groups is 1. The molecule has 9 nitrogen and oxygen atoms in total. The molecular weight excluding hydrogens is 523 g/mol. The second-order valence-electron chi connectivity index (χ2n) is 9.36. The second kappa shape index (κ2) is 12.3. The summed E-state index contributed by atoms with van der Waals surface area (Å²) in [5, 5.41) is 18.8. The second-order valence-corrected chi connectivity index (χ2v) is 9.36. The normalized spacial score (nSPS) is 14.6. The molecule has 0 bridgehead atoms. The van der Waals surface area contributed by atoms with Crippen LogP contribution in [0, 0.1) is 28.5 Å². The van der Waals surface area contributed by atoms with Gasteiger partial charge < -0.3 is 14.4 Å². The number of nitrogens with zero attached hydrogens (tertiary/aromatic N) is 6. The van der Waals surface area contributed by atoms with Crippen LogP contribution in [0.15, 0.2) is 67.1 Å². The van der Waals surface area contributed by atoms with Gasteiger partial charge in [-0.1, -0.05) is 18.2 Å². The monoisotopic (exact) mass is 548 g/mol. The van der Waals surface area contributed by atoms with Gasteiger partial charge in [0.05, 0.1) is 49.5 Å². The molecule has 10 heteroatoms. The summed E-state index contributed by atoms with van der Waals surface area (Å²) < 4.78 is 25.7. The van der Waals surface area contributed by atoms with Crippen LogP contribution in [-0.4, -0.2) is 53.6 Å². The molecule has 1 fully saturated rings. The Bertz CT molecular complexity index is 1680. The highest BCUT2D eigenvalue weighted by Gasteiger charge is 2.25. The van der Waals surface area contributed by atoms with E-state index < -0.39 is 5.82 Å². The van der Waals surface area contributed by atoms with Crippen molar-refractivity contribution in [1.29, 1.82) is 10.5 Å². The van der Waals surface area contributed by atoms with E-state index in [1.54, 1.807) is 24.5 Å². The highest BCUT2D eigenvalue weighted by molar-refractivity contribution is 5.97. The van der Waals surface area contributed by atoms with Gasteiger partial charge in [0.2, 0.25) is 0 Å². The molecule has 1 aliphatic rings. The number of methoxy groups -OCH3 is 1. The van der Waals surface area contributed by atoms with Crippen molar-refractivity contribution >= 4 is 11.5 Å². The van der Waals surface area contributed by atoms with Crippen molar-refractivity contribution in [2.24, 2.45) is 0 Å². The smallest absolute Gasteiger partial charge is 0.185 e. The van der Waals surface area contributed by atoms with Gasteiger partial charge in [-0.3, -0.25) is 9.78 Å². The number of aromatic nitrogens is 3. The first kappa shape index (κ1) is 27.4. The molecular formula is C31H25FN6O3. The van der Waals surface area contributed by atoms with E-state index in [1.165, 1.54) is 31.5 Å². The molecule has 41 heavy (non-hydrogen) atoms. The topological polar surface area (TPSA) is 125 Å². The molecule has 0 saturated carbocycles. The van der Waals surface area contributed by atoms with Gasteiger partial charge in [0.15, 0.2) is 11.6 Å². The lowest BCUT2D eigenvalue weighted by molar-refractivity contribution is 0.0438.